The van der Waals surface area contributed by atoms with E-state index in [0.717, 1.165) is 58.6 Å². The molecule has 7 heteroatoms. The molecule has 0 heterocycles. The highest BCUT2D eigenvalue weighted by Crippen LogP contribution is 2.32. The largest absolute Gasteiger partial charge is 0.373 e. The van der Waals surface area contributed by atoms with Gasteiger partial charge in [0.05, 0.1) is 11.4 Å². The number of unbranched alkanes of at least 4 members (excludes halogenated alkanes) is 1. The van der Waals surface area contributed by atoms with E-state index >= 15 is 0 Å². The van der Waals surface area contributed by atoms with Crippen LogP contribution < -0.4 is 21.3 Å². The molecule has 3 amide bonds. The van der Waals surface area contributed by atoms with Crippen molar-refractivity contribution in [2.24, 2.45) is 11.1 Å². The maximum atomic E-state index is 13.5. The second-order valence-electron chi connectivity index (χ2n) is 12.2. The molecule has 0 bridgehead atoms. The van der Waals surface area contributed by atoms with Crippen LogP contribution in [0.5, 0.6) is 0 Å². The Balaban J connectivity index is 1.92. The summed E-state index contributed by atoms with van der Waals surface area (Å²) in [7, 11) is 2.06. The zero-order valence-electron chi connectivity index (χ0n) is 26.3. The van der Waals surface area contributed by atoms with Crippen LogP contribution in [0.4, 0.5) is 16.2 Å². The van der Waals surface area contributed by atoms with E-state index < -0.39 is 0 Å². The Bertz CT molecular complexity index is 1330. The van der Waals surface area contributed by atoms with Gasteiger partial charge in [0, 0.05) is 46.2 Å². The Morgan fingerprint density at radius 3 is 2.14 bits per heavy atom. The molecule has 0 unspecified atom stereocenters. The Morgan fingerprint density at radius 1 is 0.857 bits per heavy atom. The van der Waals surface area contributed by atoms with E-state index in [9.17, 15) is 9.59 Å². The first-order valence-corrected chi connectivity index (χ1v) is 15.1. The summed E-state index contributed by atoms with van der Waals surface area (Å²) in [4.78, 5) is 30.1. The van der Waals surface area contributed by atoms with Crippen molar-refractivity contribution in [2.45, 2.75) is 73.5 Å². The molecule has 0 spiro atoms. The molecule has 42 heavy (non-hydrogen) atoms. The smallest absolute Gasteiger partial charge is 0.319 e. The van der Waals surface area contributed by atoms with Crippen LogP contribution in [-0.4, -0.2) is 37.0 Å². The van der Waals surface area contributed by atoms with Crippen LogP contribution in [0.15, 0.2) is 66.7 Å². The lowest BCUT2D eigenvalue weighted by atomic mass is 9.91. The molecule has 0 fully saturated rings. The van der Waals surface area contributed by atoms with Gasteiger partial charge in [-0.25, -0.2) is 4.79 Å². The third kappa shape index (κ3) is 9.91. The number of rotatable bonds is 13. The molecule has 0 aliphatic heterocycles. The average Bonchev–Trinajstić information content (AvgIpc) is 2.95. The first-order chi connectivity index (χ1) is 20.0. The molecular formula is C35H49N5O2. The van der Waals surface area contributed by atoms with Crippen molar-refractivity contribution in [3.63, 3.8) is 0 Å². The van der Waals surface area contributed by atoms with Crippen LogP contribution in [0.3, 0.4) is 0 Å². The molecule has 226 valence electrons. The first-order valence-electron chi connectivity index (χ1n) is 15.1. The van der Waals surface area contributed by atoms with E-state index in [-0.39, 0.29) is 17.4 Å². The number of hydrogen-bond acceptors (Lipinski definition) is 4. The van der Waals surface area contributed by atoms with Crippen molar-refractivity contribution >= 4 is 23.3 Å². The first kappa shape index (κ1) is 32.7. The fourth-order valence-corrected chi connectivity index (χ4v) is 4.93. The predicted octanol–water partition coefficient (Wildman–Crippen LogP) is 7.16. The molecule has 3 rings (SSSR count). The Hall–Kier alpha value is -3.84. The highest BCUT2D eigenvalue weighted by atomic mass is 16.2. The molecule has 4 N–H and O–H groups in total. The Kier molecular flexibility index (Phi) is 12.0. The summed E-state index contributed by atoms with van der Waals surface area (Å²) in [6.45, 7) is 13.3. The van der Waals surface area contributed by atoms with E-state index in [1.54, 1.807) is 0 Å². The SMILES string of the molecule is CCCCN(C)c1ccc(-c2cccc(CN(Cc3cccc(CN)c3)C(=O)CC(C)(C)C)c2)cc1NC(=O)NCC. The normalized spacial score (nSPS) is 11.2. The topological polar surface area (TPSA) is 90.7 Å². The Morgan fingerprint density at radius 2 is 1.50 bits per heavy atom. The number of amides is 3. The van der Waals surface area contributed by atoms with Crippen molar-refractivity contribution < 1.29 is 9.59 Å². The van der Waals surface area contributed by atoms with E-state index in [2.05, 4.69) is 92.7 Å². The van der Waals surface area contributed by atoms with Crippen LogP contribution >= 0.6 is 0 Å². The standard InChI is InChI=1S/C35H49N5O2/c1-7-9-18-39(6)32-17-16-30(21-31(32)38-34(42)37-8-2)29-15-11-14-28(20-29)25-40(33(41)22-35(3,4)5)24-27-13-10-12-26(19-27)23-36/h10-17,19-21H,7-9,18,22-25,36H2,1-6H3,(H2,37,38,42). The molecule has 0 aliphatic rings. The van der Waals surface area contributed by atoms with Crippen LogP contribution in [0.2, 0.25) is 0 Å². The quantitative estimate of drug-likeness (QED) is 0.203. The fourth-order valence-electron chi connectivity index (χ4n) is 4.93. The summed E-state index contributed by atoms with van der Waals surface area (Å²) >= 11 is 0. The van der Waals surface area contributed by atoms with Gasteiger partial charge in [0.1, 0.15) is 0 Å². The summed E-state index contributed by atoms with van der Waals surface area (Å²) in [6.07, 6.45) is 2.63. The number of nitrogens with two attached hydrogens (primary N) is 1. The maximum Gasteiger partial charge on any atom is 0.319 e. The van der Waals surface area contributed by atoms with Crippen molar-refractivity contribution in [1.82, 2.24) is 10.2 Å². The fraction of sp³-hybridized carbons (Fsp3) is 0.429. The van der Waals surface area contributed by atoms with Gasteiger partial charge in [0.15, 0.2) is 0 Å². The summed E-state index contributed by atoms with van der Waals surface area (Å²) < 4.78 is 0. The molecule has 3 aromatic carbocycles. The van der Waals surface area contributed by atoms with Crippen LogP contribution in [0, 0.1) is 5.41 Å². The van der Waals surface area contributed by atoms with Gasteiger partial charge >= 0.3 is 6.03 Å². The molecule has 3 aromatic rings. The highest BCUT2D eigenvalue weighted by Gasteiger charge is 2.22. The number of urea groups is 1. The third-order valence-electron chi connectivity index (χ3n) is 7.11. The lowest BCUT2D eigenvalue weighted by Gasteiger charge is -2.27. The molecule has 0 aromatic heterocycles. The van der Waals surface area contributed by atoms with Gasteiger partial charge in [-0.1, -0.05) is 82.6 Å². The third-order valence-corrected chi connectivity index (χ3v) is 7.11. The van der Waals surface area contributed by atoms with E-state index in [0.29, 0.717) is 32.6 Å². The van der Waals surface area contributed by atoms with Crippen molar-refractivity contribution in [2.75, 3.05) is 30.4 Å². The summed E-state index contributed by atoms with van der Waals surface area (Å²) in [5, 5.41) is 5.88. The number of carbonyl (C=O) groups excluding carboxylic acids is 2. The monoisotopic (exact) mass is 571 g/mol. The van der Waals surface area contributed by atoms with E-state index in [1.165, 1.54) is 0 Å². The van der Waals surface area contributed by atoms with Gasteiger partial charge in [-0.05, 0) is 64.8 Å². The lowest BCUT2D eigenvalue weighted by molar-refractivity contribution is -0.134. The van der Waals surface area contributed by atoms with Crippen molar-refractivity contribution in [3.05, 3.63) is 83.4 Å². The highest BCUT2D eigenvalue weighted by molar-refractivity contribution is 5.94. The lowest BCUT2D eigenvalue weighted by Crippen LogP contribution is -2.32. The number of nitrogens with zero attached hydrogens (tertiary/aromatic N) is 2. The zero-order chi connectivity index (χ0) is 30.7. The molecule has 0 atom stereocenters. The maximum absolute atomic E-state index is 13.5. The second-order valence-corrected chi connectivity index (χ2v) is 12.2. The minimum absolute atomic E-state index is 0.115. The number of anilines is 2. The number of carbonyl (C=O) groups is 2. The summed E-state index contributed by atoms with van der Waals surface area (Å²) in [5.74, 6) is 0.124. The number of benzene rings is 3. The zero-order valence-corrected chi connectivity index (χ0v) is 26.3. The van der Waals surface area contributed by atoms with Gasteiger partial charge < -0.3 is 26.2 Å². The second kappa shape index (κ2) is 15.4. The van der Waals surface area contributed by atoms with Crippen LogP contribution in [-0.2, 0) is 24.4 Å². The predicted molar refractivity (Wildman–Crippen MR) is 175 cm³/mol. The molecule has 7 nitrogen and oxygen atoms in total. The van der Waals surface area contributed by atoms with Gasteiger partial charge in [-0.15, -0.1) is 0 Å². The minimum Gasteiger partial charge on any atom is -0.373 e. The average molecular weight is 572 g/mol. The summed E-state index contributed by atoms with van der Waals surface area (Å²) in [6, 6.07) is 22.4. The minimum atomic E-state index is -0.222. The van der Waals surface area contributed by atoms with Crippen LogP contribution in [0.1, 0.15) is 70.6 Å². The van der Waals surface area contributed by atoms with Gasteiger partial charge in [0.2, 0.25) is 5.91 Å². The molecule has 0 aliphatic carbocycles. The van der Waals surface area contributed by atoms with Crippen LogP contribution in [0.25, 0.3) is 11.1 Å². The molecule has 0 saturated heterocycles. The van der Waals surface area contributed by atoms with E-state index in [4.69, 9.17) is 5.73 Å². The van der Waals surface area contributed by atoms with Gasteiger partial charge in [-0.2, -0.15) is 0 Å². The van der Waals surface area contributed by atoms with Gasteiger partial charge in [-0.3, -0.25) is 4.79 Å². The van der Waals surface area contributed by atoms with Gasteiger partial charge in [0.25, 0.3) is 0 Å². The molecule has 0 radical (unpaired) electrons. The van der Waals surface area contributed by atoms with Crippen molar-refractivity contribution in [3.8, 4) is 11.1 Å². The van der Waals surface area contributed by atoms with Crippen molar-refractivity contribution in [1.29, 1.82) is 0 Å². The van der Waals surface area contributed by atoms with E-state index in [1.807, 2.05) is 36.1 Å². The number of hydrogen-bond donors (Lipinski definition) is 3. The number of nitrogens with one attached hydrogen (secondary N) is 2. The molecule has 0 saturated carbocycles. The molecular weight excluding hydrogens is 522 g/mol. The summed E-state index contributed by atoms with van der Waals surface area (Å²) in [5.41, 5.74) is 12.7. The Labute approximate surface area is 252 Å².